The summed E-state index contributed by atoms with van der Waals surface area (Å²) in [5, 5.41) is 13.6. The molecule has 0 heterocycles. The van der Waals surface area contributed by atoms with Gasteiger partial charge in [-0.25, -0.2) is 0 Å². The maximum Gasteiger partial charge on any atom is 0.120 e. The summed E-state index contributed by atoms with van der Waals surface area (Å²) < 4.78 is 0. The fourth-order valence-corrected chi connectivity index (χ4v) is 2.65. The number of hydrogen-bond donors (Lipinski definition) is 2. The van der Waals surface area contributed by atoms with Gasteiger partial charge in [-0.2, -0.15) is 0 Å². The zero-order chi connectivity index (χ0) is 14.7. The maximum absolute atomic E-state index is 10.1. The molecule has 2 N–H and O–H groups in total. The lowest BCUT2D eigenvalue weighted by atomic mass is 9.99. The number of aryl methyl sites for hydroxylation is 2. The zero-order valence-corrected chi connectivity index (χ0v) is 12.6. The highest BCUT2D eigenvalue weighted by Gasteiger charge is 2.15. The quantitative estimate of drug-likeness (QED) is 0.861. The van der Waals surface area contributed by atoms with E-state index >= 15 is 0 Å². The smallest absolute Gasteiger partial charge is 0.120 e. The molecule has 2 heteroatoms. The third-order valence-corrected chi connectivity index (χ3v) is 3.81. The molecule has 0 radical (unpaired) electrons. The first kappa shape index (κ1) is 14.6. The van der Waals surface area contributed by atoms with Crippen LogP contribution in [0.15, 0.2) is 42.5 Å². The van der Waals surface area contributed by atoms with Crippen molar-refractivity contribution in [1.82, 2.24) is 5.32 Å². The summed E-state index contributed by atoms with van der Waals surface area (Å²) in [5.41, 5.74) is 4.60. The molecular weight excluding hydrogens is 246 g/mol. The van der Waals surface area contributed by atoms with Crippen LogP contribution in [0.2, 0.25) is 0 Å². The Bertz CT molecular complexity index is 592. The van der Waals surface area contributed by atoms with E-state index in [2.05, 4.69) is 50.4 Å². The normalized spacial score (nSPS) is 14.0. The van der Waals surface area contributed by atoms with Gasteiger partial charge in [0.25, 0.3) is 0 Å². The summed E-state index contributed by atoms with van der Waals surface area (Å²) in [6.45, 7) is 8.35. The van der Waals surface area contributed by atoms with E-state index in [1.165, 1.54) is 11.1 Å². The van der Waals surface area contributed by atoms with E-state index in [1.54, 1.807) is 0 Å². The van der Waals surface area contributed by atoms with E-state index < -0.39 is 0 Å². The molecule has 0 bridgehead atoms. The molecule has 106 valence electrons. The van der Waals surface area contributed by atoms with E-state index in [-0.39, 0.29) is 12.1 Å². The topological polar surface area (TPSA) is 32.3 Å². The third kappa shape index (κ3) is 3.20. The van der Waals surface area contributed by atoms with Crippen molar-refractivity contribution in [2.75, 3.05) is 0 Å². The highest BCUT2D eigenvalue weighted by Crippen LogP contribution is 2.27. The highest BCUT2D eigenvalue weighted by atomic mass is 16.3. The Hall–Kier alpha value is -1.80. The minimum atomic E-state index is 0.102. The second kappa shape index (κ2) is 6.10. The van der Waals surface area contributed by atoms with Crippen molar-refractivity contribution >= 4 is 0 Å². The standard InChI is InChI=1S/C18H23NO/c1-12-9-10-17(18(20)11-12)15(4)19-14(3)16-8-6-5-7-13(16)2/h5-11,14-15,19-20H,1-4H3. The van der Waals surface area contributed by atoms with Crippen LogP contribution in [-0.2, 0) is 0 Å². The van der Waals surface area contributed by atoms with Gasteiger partial charge in [0, 0.05) is 17.6 Å². The Kier molecular flexibility index (Phi) is 4.46. The van der Waals surface area contributed by atoms with Crippen LogP contribution < -0.4 is 5.32 Å². The first-order valence-corrected chi connectivity index (χ1v) is 7.10. The molecule has 0 saturated heterocycles. The summed E-state index contributed by atoms with van der Waals surface area (Å²) in [4.78, 5) is 0. The molecule has 20 heavy (non-hydrogen) atoms. The fraction of sp³-hybridized carbons (Fsp3) is 0.333. The lowest BCUT2D eigenvalue weighted by molar-refractivity contribution is 0.438. The fourth-order valence-electron chi connectivity index (χ4n) is 2.65. The van der Waals surface area contributed by atoms with Crippen molar-refractivity contribution in [3.63, 3.8) is 0 Å². The van der Waals surface area contributed by atoms with Crippen molar-refractivity contribution < 1.29 is 5.11 Å². The zero-order valence-electron chi connectivity index (χ0n) is 12.6. The van der Waals surface area contributed by atoms with Gasteiger partial charge in [-0.3, -0.25) is 0 Å². The Morgan fingerprint density at radius 3 is 2.20 bits per heavy atom. The van der Waals surface area contributed by atoms with Gasteiger partial charge in [-0.15, -0.1) is 0 Å². The van der Waals surface area contributed by atoms with Crippen LogP contribution in [0.4, 0.5) is 0 Å². The molecular formula is C18H23NO. The number of phenols is 1. The predicted octanol–water partition coefficient (Wildman–Crippen LogP) is 4.42. The largest absolute Gasteiger partial charge is 0.508 e. The van der Waals surface area contributed by atoms with E-state index in [1.807, 2.05) is 25.1 Å². The van der Waals surface area contributed by atoms with Crippen LogP contribution in [0.1, 0.15) is 48.2 Å². The Labute approximate surface area is 121 Å². The summed E-state index contributed by atoms with van der Waals surface area (Å²) in [6.07, 6.45) is 0. The molecule has 2 unspecified atom stereocenters. The van der Waals surface area contributed by atoms with Gasteiger partial charge < -0.3 is 10.4 Å². The van der Waals surface area contributed by atoms with Crippen LogP contribution in [0.25, 0.3) is 0 Å². The van der Waals surface area contributed by atoms with Gasteiger partial charge in [-0.05, 0) is 50.5 Å². The van der Waals surface area contributed by atoms with Crippen LogP contribution in [0.3, 0.4) is 0 Å². The monoisotopic (exact) mass is 269 g/mol. The molecule has 2 atom stereocenters. The number of nitrogens with one attached hydrogen (secondary N) is 1. The second-order valence-electron chi connectivity index (χ2n) is 5.53. The molecule has 2 aromatic rings. The van der Waals surface area contributed by atoms with Crippen LogP contribution in [0, 0.1) is 13.8 Å². The molecule has 0 fully saturated rings. The molecule has 0 aromatic heterocycles. The van der Waals surface area contributed by atoms with E-state index in [9.17, 15) is 5.11 Å². The van der Waals surface area contributed by atoms with E-state index in [0.717, 1.165) is 11.1 Å². The Morgan fingerprint density at radius 2 is 1.55 bits per heavy atom. The number of phenolic OH excluding ortho intramolecular Hbond substituents is 1. The Balaban J connectivity index is 2.15. The number of aromatic hydroxyl groups is 1. The second-order valence-corrected chi connectivity index (χ2v) is 5.53. The van der Waals surface area contributed by atoms with Gasteiger partial charge >= 0.3 is 0 Å². The lowest BCUT2D eigenvalue weighted by Crippen LogP contribution is -2.23. The molecule has 0 amide bonds. The lowest BCUT2D eigenvalue weighted by Gasteiger charge is -2.23. The molecule has 0 aliphatic carbocycles. The van der Waals surface area contributed by atoms with Crippen LogP contribution in [-0.4, -0.2) is 5.11 Å². The first-order chi connectivity index (χ1) is 9.49. The van der Waals surface area contributed by atoms with Gasteiger partial charge in [0.05, 0.1) is 0 Å². The van der Waals surface area contributed by atoms with Crippen LogP contribution in [0.5, 0.6) is 5.75 Å². The minimum Gasteiger partial charge on any atom is -0.508 e. The summed E-state index contributed by atoms with van der Waals surface area (Å²) in [7, 11) is 0. The molecule has 0 aliphatic rings. The third-order valence-electron chi connectivity index (χ3n) is 3.81. The average molecular weight is 269 g/mol. The average Bonchev–Trinajstić information content (AvgIpc) is 2.38. The predicted molar refractivity (Wildman–Crippen MR) is 84.0 cm³/mol. The van der Waals surface area contributed by atoms with Gasteiger partial charge in [0.2, 0.25) is 0 Å². The molecule has 0 spiro atoms. The van der Waals surface area contributed by atoms with Gasteiger partial charge in [-0.1, -0.05) is 36.4 Å². The molecule has 0 aliphatic heterocycles. The van der Waals surface area contributed by atoms with Crippen molar-refractivity contribution in [3.8, 4) is 5.75 Å². The molecule has 2 rings (SSSR count). The Morgan fingerprint density at radius 1 is 0.900 bits per heavy atom. The minimum absolute atomic E-state index is 0.102. The summed E-state index contributed by atoms with van der Waals surface area (Å²) in [6, 6.07) is 14.6. The van der Waals surface area contributed by atoms with Crippen molar-refractivity contribution in [2.24, 2.45) is 0 Å². The van der Waals surface area contributed by atoms with Crippen molar-refractivity contribution in [1.29, 1.82) is 0 Å². The molecule has 2 nitrogen and oxygen atoms in total. The molecule has 2 aromatic carbocycles. The maximum atomic E-state index is 10.1. The number of hydrogen-bond acceptors (Lipinski definition) is 2. The SMILES string of the molecule is Cc1ccc(C(C)NC(C)c2ccccc2C)c(O)c1. The highest BCUT2D eigenvalue weighted by molar-refractivity contribution is 5.38. The first-order valence-electron chi connectivity index (χ1n) is 7.10. The van der Waals surface area contributed by atoms with E-state index in [0.29, 0.717) is 5.75 Å². The van der Waals surface area contributed by atoms with Crippen LogP contribution >= 0.6 is 0 Å². The summed E-state index contributed by atoms with van der Waals surface area (Å²) >= 11 is 0. The van der Waals surface area contributed by atoms with Gasteiger partial charge in [0.15, 0.2) is 0 Å². The van der Waals surface area contributed by atoms with Gasteiger partial charge in [0.1, 0.15) is 5.75 Å². The van der Waals surface area contributed by atoms with Crippen molar-refractivity contribution in [2.45, 2.75) is 39.8 Å². The van der Waals surface area contributed by atoms with E-state index in [4.69, 9.17) is 0 Å². The molecule has 0 saturated carbocycles. The number of rotatable bonds is 4. The van der Waals surface area contributed by atoms with Crippen molar-refractivity contribution in [3.05, 3.63) is 64.7 Å². The number of benzene rings is 2. The summed E-state index contributed by atoms with van der Waals surface area (Å²) in [5.74, 6) is 0.363.